The van der Waals surface area contributed by atoms with Crippen molar-refractivity contribution in [3.05, 3.63) is 82.1 Å². The Morgan fingerprint density at radius 1 is 1.17 bits per heavy atom. The van der Waals surface area contributed by atoms with E-state index < -0.39 is 0 Å². The second-order valence-electron chi connectivity index (χ2n) is 7.57. The topological polar surface area (TPSA) is 77.4 Å². The fourth-order valence-electron chi connectivity index (χ4n) is 4.08. The minimum absolute atomic E-state index is 0.362. The van der Waals surface area contributed by atoms with Crippen LogP contribution in [0, 0.1) is 18.3 Å². The van der Waals surface area contributed by atoms with E-state index in [2.05, 4.69) is 51.7 Å². The Bertz CT molecular complexity index is 1230. The molecule has 1 aliphatic carbocycles. The molecule has 0 spiro atoms. The molecule has 0 saturated carbocycles. The first-order valence-electron chi connectivity index (χ1n) is 10.1. The van der Waals surface area contributed by atoms with E-state index in [1.165, 1.54) is 22.6 Å². The van der Waals surface area contributed by atoms with Crippen molar-refractivity contribution < 1.29 is 0 Å². The third-order valence-electron chi connectivity index (χ3n) is 5.51. The van der Waals surface area contributed by atoms with Crippen molar-refractivity contribution in [1.82, 2.24) is 15.0 Å². The summed E-state index contributed by atoms with van der Waals surface area (Å²) in [7, 11) is 0. The number of aryl methyl sites for hydroxylation is 2. The van der Waals surface area contributed by atoms with E-state index in [1.807, 2.05) is 31.3 Å². The zero-order valence-corrected chi connectivity index (χ0v) is 17.5. The number of nitrogens with one attached hydrogen (secondary N) is 2. The molecule has 5 nitrogen and oxygen atoms in total. The fourth-order valence-corrected chi connectivity index (χ4v) is 5.16. The first kappa shape index (κ1) is 18.6. The van der Waals surface area contributed by atoms with Crippen molar-refractivity contribution in [3.63, 3.8) is 0 Å². The van der Waals surface area contributed by atoms with Crippen LogP contribution in [-0.2, 0) is 6.42 Å². The summed E-state index contributed by atoms with van der Waals surface area (Å²) in [6.45, 7) is 1.93. The Morgan fingerprint density at radius 2 is 2.03 bits per heavy atom. The van der Waals surface area contributed by atoms with Crippen LogP contribution in [0.25, 0.3) is 11.4 Å². The molecular formula is C24H21N5S. The van der Waals surface area contributed by atoms with Crippen LogP contribution in [0.5, 0.6) is 0 Å². The number of aromatic amines is 1. The summed E-state index contributed by atoms with van der Waals surface area (Å²) in [5.74, 6) is 1.08. The number of anilines is 2. The Balaban J connectivity index is 1.43. The maximum Gasteiger partial charge on any atom is 0.187 e. The van der Waals surface area contributed by atoms with Crippen molar-refractivity contribution in [3.8, 4) is 17.5 Å². The molecule has 0 fully saturated rings. The minimum Gasteiger partial charge on any atom is -0.344 e. The van der Waals surface area contributed by atoms with Gasteiger partial charge in [0.2, 0.25) is 0 Å². The van der Waals surface area contributed by atoms with E-state index in [1.54, 1.807) is 11.3 Å². The van der Waals surface area contributed by atoms with Crippen LogP contribution < -0.4 is 5.32 Å². The lowest BCUT2D eigenvalue weighted by molar-refractivity contribution is 0.610. The van der Waals surface area contributed by atoms with Crippen LogP contribution in [0.4, 0.5) is 10.8 Å². The van der Waals surface area contributed by atoms with Gasteiger partial charge in [-0.1, -0.05) is 30.3 Å². The zero-order chi connectivity index (χ0) is 20.5. The van der Waals surface area contributed by atoms with Gasteiger partial charge in [0.15, 0.2) is 5.13 Å². The van der Waals surface area contributed by atoms with Crippen molar-refractivity contribution >= 4 is 22.2 Å². The van der Waals surface area contributed by atoms with Crippen LogP contribution in [0.1, 0.15) is 46.2 Å². The van der Waals surface area contributed by atoms with Gasteiger partial charge in [-0.3, -0.25) is 0 Å². The molecule has 2 N–H and O–H groups in total. The lowest BCUT2D eigenvalue weighted by atomic mass is 9.85. The molecule has 0 radical (unpaired) electrons. The third-order valence-corrected chi connectivity index (χ3v) is 6.55. The summed E-state index contributed by atoms with van der Waals surface area (Å²) in [5.41, 5.74) is 5.68. The molecule has 0 bridgehead atoms. The SMILES string of the molecule is Cc1c[nH]c(-c2ccc(Nc3nc4c(s3)CCCC4c3ccccc3)cc2C#N)n1. The molecule has 2 aromatic heterocycles. The number of aromatic nitrogens is 3. The summed E-state index contributed by atoms with van der Waals surface area (Å²) < 4.78 is 0. The summed E-state index contributed by atoms with van der Waals surface area (Å²) in [5, 5.41) is 13.9. The molecule has 2 heterocycles. The Morgan fingerprint density at radius 3 is 2.80 bits per heavy atom. The molecule has 1 aliphatic rings. The van der Waals surface area contributed by atoms with Crippen LogP contribution in [0.3, 0.4) is 0 Å². The number of thiazole rings is 1. The van der Waals surface area contributed by atoms with Gasteiger partial charge in [-0.15, -0.1) is 11.3 Å². The van der Waals surface area contributed by atoms with Crippen molar-refractivity contribution in [2.24, 2.45) is 0 Å². The standard InChI is InChI=1S/C24H21N5S/c1-15-14-26-23(27-15)20-11-10-18(12-17(20)13-25)28-24-29-22-19(8-5-9-21(22)30-24)16-6-3-2-4-7-16/h2-4,6-7,10-12,14,19H,5,8-9H2,1H3,(H,26,27)(H,28,29). The van der Waals surface area contributed by atoms with Gasteiger partial charge in [0.05, 0.1) is 23.0 Å². The van der Waals surface area contributed by atoms with Gasteiger partial charge in [0.1, 0.15) is 5.82 Å². The Labute approximate surface area is 179 Å². The average molecular weight is 412 g/mol. The number of hydrogen-bond donors (Lipinski definition) is 2. The number of H-pyrrole nitrogens is 1. The quantitative estimate of drug-likeness (QED) is 0.437. The van der Waals surface area contributed by atoms with Crippen molar-refractivity contribution in [2.45, 2.75) is 32.1 Å². The maximum absolute atomic E-state index is 9.64. The first-order valence-corrected chi connectivity index (χ1v) is 10.9. The van der Waals surface area contributed by atoms with Crippen LogP contribution in [-0.4, -0.2) is 15.0 Å². The molecule has 0 saturated heterocycles. The zero-order valence-electron chi connectivity index (χ0n) is 16.6. The van der Waals surface area contributed by atoms with Gasteiger partial charge >= 0.3 is 0 Å². The molecule has 6 heteroatoms. The minimum atomic E-state index is 0.362. The molecule has 148 valence electrons. The van der Waals surface area contributed by atoms with Gasteiger partial charge in [0, 0.05) is 28.2 Å². The number of fused-ring (bicyclic) bond motifs is 1. The summed E-state index contributed by atoms with van der Waals surface area (Å²) in [6, 6.07) is 18.7. The highest BCUT2D eigenvalue weighted by Crippen LogP contribution is 2.41. The van der Waals surface area contributed by atoms with E-state index in [0.717, 1.165) is 34.9 Å². The molecule has 4 aromatic rings. The van der Waals surface area contributed by atoms with E-state index >= 15 is 0 Å². The molecule has 1 atom stereocenters. The predicted molar refractivity (Wildman–Crippen MR) is 120 cm³/mol. The van der Waals surface area contributed by atoms with E-state index in [0.29, 0.717) is 17.3 Å². The van der Waals surface area contributed by atoms with Crippen LogP contribution >= 0.6 is 11.3 Å². The number of rotatable bonds is 4. The maximum atomic E-state index is 9.64. The average Bonchev–Trinajstić information content (AvgIpc) is 3.39. The smallest absolute Gasteiger partial charge is 0.187 e. The van der Waals surface area contributed by atoms with E-state index in [4.69, 9.17) is 4.98 Å². The normalized spacial score (nSPS) is 15.4. The Hall–Kier alpha value is -3.43. The second-order valence-corrected chi connectivity index (χ2v) is 8.65. The monoisotopic (exact) mass is 411 g/mol. The number of nitriles is 1. The van der Waals surface area contributed by atoms with E-state index in [-0.39, 0.29) is 0 Å². The molecule has 2 aromatic carbocycles. The van der Waals surface area contributed by atoms with E-state index in [9.17, 15) is 5.26 Å². The highest BCUT2D eigenvalue weighted by atomic mass is 32.1. The lowest BCUT2D eigenvalue weighted by Crippen LogP contribution is -2.09. The molecule has 30 heavy (non-hydrogen) atoms. The van der Waals surface area contributed by atoms with Crippen LogP contribution in [0.15, 0.2) is 54.7 Å². The number of imidazole rings is 1. The lowest BCUT2D eigenvalue weighted by Gasteiger charge is -2.21. The van der Waals surface area contributed by atoms with Gasteiger partial charge in [-0.05, 0) is 49.9 Å². The van der Waals surface area contributed by atoms with Gasteiger partial charge in [-0.25, -0.2) is 9.97 Å². The highest BCUT2D eigenvalue weighted by molar-refractivity contribution is 7.15. The molecule has 1 unspecified atom stereocenters. The summed E-state index contributed by atoms with van der Waals surface area (Å²) in [4.78, 5) is 13.9. The van der Waals surface area contributed by atoms with Gasteiger partial charge < -0.3 is 10.3 Å². The van der Waals surface area contributed by atoms with Crippen molar-refractivity contribution in [2.75, 3.05) is 5.32 Å². The highest BCUT2D eigenvalue weighted by Gasteiger charge is 2.26. The van der Waals surface area contributed by atoms with Gasteiger partial charge in [0.25, 0.3) is 0 Å². The fraction of sp³-hybridized carbons (Fsp3) is 0.208. The van der Waals surface area contributed by atoms with Crippen molar-refractivity contribution in [1.29, 1.82) is 5.26 Å². The summed E-state index contributed by atoms with van der Waals surface area (Å²) in [6.07, 6.45) is 5.24. The molecule has 0 amide bonds. The number of hydrogen-bond acceptors (Lipinski definition) is 5. The first-order chi connectivity index (χ1) is 14.7. The summed E-state index contributed by atoms with van der Waals surface area (Å²) >= 11 is 1.72. The predicted octanol–water partition coefficient (Wildman–Crippen LogP) is 5.93. The number of benzene rings is 2. The molecular weight excluding hydrogens is 390 g/mol. The second kappa shape index (κ2) is 7.77. The molecule has 0 aliphatic heterocycles. The number of nitrogens with zero attached hydrogens (tertiary/aromatic N) is 3. The molecule has 5 rings (SSSR count). The van der Waals surface area contributed by atoms with Gasteiger partial charge in [-0.2, -0.15) is 5.26 Å². The Kier molecular flexibility index (Phi) is 4.82. The van der Waals surface area contributed by atoms with Crippen LogP contribution in [0.2, 0.25) is 0 Å². The largest absolute Gasteiger partial charge is 0.344 e. The third kappa shape index (κ3) is 3.49.